The molecule has 26 heavy (non-hydrogen) atoms. The fraction of sp³-hybridized carbons (Fsp3) is 0.300. The van der Waals surface area contributed by atoms with Gasteiger partial charge in [-0.25, -0.2) is 0 Å². The Morgan fingerprint density at radius 2 is 1.77 bits per heavy atom. The van der Waals surface area contributed by atoms with Gasteiger partial charge in [-0.2, -0.15) is 0 Å². The molecule has 1 saturated heterocycles. The third-order valence-electron chi connectivity index (χ3n) is 4.06. The van der Waals surface area contributed by atoms with Crippen LogP contribution < -0.4 is 15.4 Å². The Hall–Kier alpha value is -2.86. The number of amides is 2. The minimum atomic E-state index is -0.371. The summed E-state index contributed by atoms with van der Waals surface area (Å²) in [6.07, 6.45) is 1.29. The molecule has 0 radical (unpaired) electrons. The maximum absolute atomic E-state index is 12.5. The maximum Gasteiger partial charge on any atom is 0.259 e. The Kier molecular flexibility index (Phi) is 5.86. The van der Waals surface area contributed by atoms with Gasteiger partial charge in [-0.3, -0.25) is 9.59 Å². The predicted molar refractivity (Wildman–Crippen MR) is 99.6 cm³/mol. The van der Waals surface area contributed by atoms with Gasteiger partial charge >= 0.3 is 0 Å². The van der Waals surface area contributed by atoms with E-state index in [2.05, 4.69) is 10.6 Å². The summed E-state index contributed by atoms with van der Waals surface area (Å²) in [5, 5.41) is 5.66. The second kappa shape index (κ2) is 8.49. The molecule has 6 nitrogen and oxygen atoms in total. The first-order chi connectivity index (χ1) is 12.7. The zero-order valence-electron chi connectivity index (χ0n) is 14.7. The molecule has 1 aliphatic heterocycles. The highest BCUT2D eigenvalue weighted by Gasteiger charge is 2.23. The topological polar surface area (TPSA) is 76.7 Å². The zero-order valence-corrected chi connectivity index (χ0v) is 14.7. The summed E-state index contributed by atoms with van der Waals surface area (Å²) < 4.78 is 10.8. The van der Waals surface area contributed by atoms with Crippen LogP contribution in [0.1, 0.15) is 30.1 Å². The lowest BCUT2D eigenvalue weighted by Gasteiger charge is -2.12. The fourth-order valence-corrected chi connectivity index (χ4v) is 2.78. The zero-order chi connectivity index (χ0) is 18.4. The smallest absolute Gasteiger partial charge is 0.259 e. The van der Waals surface area contributed by atoms with E-state index in [1.54, 1.807) is 42.5 Å². The molecule has 1 aliphatic rings. The second-order valence-electron chi connectivity index (χ2n) is 5.95. The summed E-state index contributed by atoms with van der Waals surface area (Å²) in [7, 11) is 0. The third-order valence-corrected chi connectivity index (χ3v) is 4.06. The van der Waals surface area contributed by atoms with Crippen LogP contribution in [0, 0.1) is 0 Å². The molecular formula is C20H22N2O4. The number of para-hydroxylation sites is 1. The first-order valence-electron chi connectivity index (χ1n) is 8.73. The van der Waals surface area contributed by atoms with Crippen molar-refractivity contribution in [3.05, 3.63) is 54.1 Å². The SMILES string of the molecule is CCOc1ccccc1C(=O)Nc1ccc(NC(=O)[C@H]2CCCO2)cc1. The Balaban J connectivity index is 1.62. The summed E-state index contributed by atoms with van der Waals surface area (Å²) in [6, 6.07) is 14.1. The van der Waals surface area contributed by atoms with Gasteiger partial charge in [0, 0.05) is 18.0 Å². The van der Waals surface area contributed by atoms with Crippen molar-refractivity contribution in [1.82, 2.24) is 0 Å². The van der Waals surface area contributed by atoms with Gasteiger partial charge in [0.05, 0.1) is 12.2 Å². The van der Waals surface area contributed by atoms with E-state index in [0.29, 0.717) is 35.9 Å². The van der Waals surface area contributed by atoms with E-state index in [1.807, 2.05) is 13.0 Å². The number of hydrogen-bond donors (Lipinski definition) is 2. The van der Waals surface area contributed by atoms with Crippen LogP contribution in [-0.2, 0) is 9.53 Å². The van der Waals surface area contributed by atoms with E-state index >= 15 is 0 Å². The molecule has 1 heterocycles. The number of carbonyl (C=O) groups excluding carboxylic acids is 2. The molecule has 2 aromatic carbocycles. The van der Waals surface area contributed by atoms with Crippen LogP contribution in [0.25, 0.3) is 0 Å². The number of benzene rings is 2. The lowest BCUT2D eigenvalue weighted by atomic mass is 10.1. The van der Waals surface area contributed by atoms with Crippen molar-refractivity contribution >= 4 is 23.2 Å². The third kappa shape index (κ3) is 4.40. The van der Waals surface area contributed by atoms with Crippen LogP contribution in [-0.4, -0.2) is 31.1 Å². The van der Waals surface area contributed by atoms with E-state index in [-0.39, 0.29) is 17.9 Å². The largest absolute Gasteiger partial charge is 0.493 e. The van der Waals surface area contributed by atoms with Crippen molar-refractivity contribution in [2.24, 2.45) is 0 Å². The molecule has 0 bridgehead atoms. The molecule has 0 aromatic heterocycles. The van der Waals surface area contributed by atoms with E-state index in [1.165, 1.54) is 0 Å². The molecule has 6 heteroatoms. The van der Waals surface area contributed by atoms with Gasteiger partial charge in [-0.05, 0) is 56.2 Å². The lowest BCUT2D eigenvalue weighted by Crippen LogP contribution is -2.26. The van der Waals surface area contributed by atoms with Gasteiger partial charge in [0.2, 0.25) is 0 Å². The lowest BCUT2D eigenvalue weighted by molar-refractivity contribution is -0.124. The number of anilines is 2. The van der Waals surface area contributed by atoms with Crippen LogP contribution in [0.15, 0.2) is 48.5 Å². The van der Waals surface area contributed by atoms with Crippen molar-refractivity contribution in [3.63, 3.8) is 0 Å². The molecule has 0 spiro atoms. The van der Waals surface area contributed by atoms with Crippen LogP contribution >= 0.6 is 0 Å². The Morgan fingerprint density at radius 1 is 1.08 bits per heavy atom. The van der Waals surface area contributed by atoms with Gasteiger partial charge in [0.15, 0.2) is 0 Å². The van der Waals surface area contributed by atoms with E-state index in [0.717, 1.165) is 12.8 Å². The van der Waals surface area contributed by atoms with Gasteiger partial charge in [-0.15, -0.1) is 0 Å². The van der Waals surface area contributed by atoms with Gasteiger partial charge in [-0.1, -0.05) is 12.1 Å². The first kappa shape index (κ1) is 17.9. The molecular weight excluding hydrogens is 332 g/mol. The summed E-state index contributed by atoms with van der Waals surface area (Å²) in [4.78, 5) is 24.5. The standard InChI is InChI=1S/C20H22N2O4/c1-2-25-17-7-4-3-6-16(17)19(23)21-14-9-11-15(12-10-14)22-20(24)18-8-5-13-26-18/h3-4,6-7,9-12,18H,2,5,8,13H2,1H3,(H,21,23)(H,22,24)/t18-/m1/s1. The molecule has 136 valence electrons. The highest BCUT2D eigenvalue weighted by atomic mass is 16.5. The Labute approximate surface area is 152 Å². The average Bonchev–Trinajstić information content (AvgIpc) is 3.19. The van der Waals surface area contributed by atoms with Gasteiger partial charge in [0.1, 0.15) is 11.9 Å². The summed E-state index contributed by atoms with van der Waals surface area (Å²) >= 11 is 0. The van der Waals surface area contributed by atoms with Crippen molar-refractivity contribution in [2.75, 3.05) is 23.8 Å². The van der Waals surface area contributed by atoms with Gasteiger partial charge in [0.25, 0.3) is 11.8 Å². The van der Waals surface area contributed by atoms with Crippen LogP contribution in [0.2, 0.25) is 0 Å². The van der Waals surface area contributed by atoms with E-state index in [4.69, 9.17) is 9.47 Å². The van der Waals surface area contributed by atoms with Crippen molar-refractivity contribution < 1.29 is 19.1 Å². The monoisotopic (exact) mass is 354 g/mol. The molecule has 2 amide bonds. The van der Waals surface area contributed by atoms with Crippen LogP contribution in [0.3, 0.4) is 0 Å². The van der Waals surface area contributed by atoms with Crippen molar-refractivity contribution in [2.45, 2.75) is 25.9 Å². The molecule has 1 atom stereocenters. The second-order valence-corrected chi connectivity index (χ2v) is 5.95. The molecule has 3 rings (SSSR count). The minimum absolute atomic E-state index is 0.134. The normalized spacial score (nSPS) is 16.1. The predicted octanol–water partition coefficient (Wildman–Crippen LogP) is 3.46. The molecule has 0 saturated carbocycles. The molecule has 2 aromatic rings. The summed E-state index contributed by atoms with van der Waals surface area (Å²) in [5.74, 6) is 0.170. The van der Waals surface area contributed by atoms with Crippen molar-refractivity contribution in [1.29, 1.82) is 0 Å². The number of nitrogens with one attached hydrogen (secondary N) is 2. The Bertz CT molecular complexity index is 768. The Morgan fingerprint density at radius 3 is 2.42 bits per heavy atom. The van der Waals surface area contributed by atoms with Crippen LogP contribution in [0.5, 0.6) is 5.75 Å². The summed E-state index contributed by atoms with van der Waals surface area (Å²) in [5.41, 5.74) is 1.78. The number of hydrogen-bond acceptors (Lipinski definition) is 4. The van der Waals surface area contributed by atoms with Crippen LogP contribution in [0.4, 0.5) is 11.4 Å². The average molecular weight is 354 g/mol. The number of ether oxygens (including phenoxy) is 2. The highest BCUT2D eigenvalue weighted by Crippen LogP contribution is 2.21. The summed E-state index contributed by atoms with van der Waals surface area (Å²) in [6.45, 7) is 2.99. The van der Waals surface area contributed by atoms with Gasteiger partial charge < -0.3 is 20.1 Å². The molecule has 0 unspecified atom stereocenters. The van der Waals surface area contributed by atoms with E-state index in [9.17, 15) is 9.59 Å². The first-order valence-corrected chi connectivity index (χ1v) is 8.73. The highest BCUT2D eigenvalue weighted by molar-refractivity contribution is 6.06. The maximum atomic E-state index is 12.5. The molecule has 1 fully saturated rings. The number of rotatable bonds is 6. The fourth-order valence-electron chi connectivity index (χ4n) is 2.78. The molecule has 2 N–H and O–H groups in total. The molecule has 0 aliphatic carbocycles. The number of carbonyl (C=O) groups is 2. The van der Waals surface area contributed by atoms with Crippen molar-refractivity contribution in [3.8, 4) is 5.75 Å². The minimum Gasteiger partial charge on any atom is -0.493 e. The quantitative estimate of drug-likeness (QED) is 0.833. The van der Waals surface area contributed by atoms with E-state index < -0.39 is 0 Å².